The van der Waals surface area contributed by atoms with Crippen LogP contribution < -0.4 is 0 Å². The fourth-order valence-electron chi connectivity index (χ4n) is 4.61. The Morgan fingerprint density at radius 3 is 1.64 bits per heavy atom. The normalized spacial score (nSPS) is 12.1. The van der Waals surface area contributed by atoms with E-state index in [1.54, 1.807) is 0 Å². The molecule has 0 fully saturated rings. The summed E-state index contributed by atoms with van der Waals surface area (Å²) >= 11 is 0. The number of fused-ring (bicyclic) bond motifs is 3. The smallest absolute Gasteiger partial charge is 0 e. The van der Waals surface area contributed by atoms with Gasteiger partial charge in [0.15, 0.2) is 0 Å². The van der Waals surface area contributed by atoms with E-state index >= 15 is 0 Å². The van der Waals surface area contributed by atoms with Crippen molar-refractivity contribution >= 4 is 0 Å². The minimum Gasteiger partial charge on any atom is -0.175 e. The predicted molar refractivity (Wildman–Crippen MR) is 151 cm³/mol. The summed E-state index contributed by atoms with van der Waals surface area (Å²) in [6.07, 6.45) is 3.29. The predicted octanol–water partition coefficient (Wildman–Crippen LogP) is 9.12. The molecule has 4 aromatic rings. The van der Waals surface area contributed by atoms with Crippen molar-refractivity contribution in [3.8, 4) is 11.1 Å². The zero-order valence-electron chi connectivity index (χ0n) is 22.8. The largest absolute Gasteiger partial charge is 0.175 e. The average Bonchev–Trinajstić information content (AvgIpc) is 3.21. The molecular weight excluding hydrogens is 599 g/mol. The molecule has 0 aromatic heterocycles. The molecule has 0 nitrogen and oxygen atoms in total. The molecule has 36 heavy (non-hydrogen) atoms. The van der Waals surface area contributed by atoms with Crippen molar-refractivity contribution in [2.45, 2.75) is 71.6 Å². The van der Waals surface area contributed by atoms with Gasteiger partial charge >= 0.3 is 0 Å². The van der Waals surface area contributed by atoms with Gasteiger partial charge in [0, 0.05) is 25.8 Å². The van der Waals surface area contributed by atoms with Crippen LogP contribution in [0.2, 0.25) is 0 Å². The molecular formula is C35H39Hf-. The van der Waals surface area contributed by atoms with Gasteiger partial charge in [0.05, 0.1) is 0 Å². The first-order chi connectivity index (χ1) is 16.6. The van der Waals surface area contributed by atoms with E-state index in [4.69, 9.17) is 0 Å². The van der Waals surface area contributed by atoms with Gasteiger partial charge in [-0.05, 0) is 52.3 Å². The second-order valence-corrected chi connectivity index (χ2v) is 11.8. The summed E-state index contributed by atoms with van der Waals surface area (Å²) < 4.78 is 0. The van der Waals surface area contributed by atoms with E-state index in [1.807, 2.05) is 0 Å². The third-order valence-electron chi connectivity index (χ3n) is 6.85. The Kier molecular flexibility index (Phi) is 9.33. The Balaban J connectivity index is 0.000000210. The van der Waals surface area contributed by atoms with Crippen LogP contribution >= 0.6 is 0 Å². The van der Waals surface area contributed by atoms with Gasteiger partial charge in [-0.2, -0.15) is 23.8 Å². The molecule has 0 saturated carbocycles. The number of hydrogen-bond donors (Lipinski definition) is 0. The van der Waals surface area contributed by atoms with Gasteiger partial charge in [0.25, 0.3) is 0 Å². The summed E-state index contributed by atoms with van der Waals surface area (Å²) in [7, 11) is 0. The molecule has 1 aliphatic carbocycles. The fourth-order valence-corrected chi connectivity index (χ4v) is 4.61. The van der Waals surface area contributed by atoms with Crippen molar-refractivity contribution < 1.29 is 25.8 Å². The standard InChI is InChI=1S/C21H25.C14H14.Hf/c1-20(2,3)16-7-9-18-14(12-16)11-15-13-17(21(4,5)6)8-10-19(15)18;1-3-7-13(8-4-1)11-12-14-9-5-2-6-10-14;/h7-10,12H,11H2,1-6H3;1-10H,11-12H2;/q-1;;. The zero-order chi connectivity index (χ0) is 25.1. The molecule has 1 heteroatoms. The summed E-state index contributed by atoms with van der Waals surface area (Å²) in [6, 6.07) is 36.4. The van der Waals surface area contributed by atoms with E-state index in [0.29, 0.717) is 0 Å². The number of hydrogen-bond acceptors (Lipinski definition) is 0. The van der Waals surface area contributed by atoms with Crippen molar-refractivity contribution in [3.05, 3.63) is 130 Å². The Bertz CT molecular complexity index is 1150. The molecule has 0 aliphatic heterocycles. The van der Waals surface area contributed by atoms with Crippen LogP contribution in [0, 0.1) is 6.07 Å². The molecule has 0 heterocycles. The van der Waals surface area contributed by atoms with Gasteiger partial charge in [-0.1, -0.05) is 126 Å². The molecule has 5 rings (SSSR count). The second-order valence-electron chi connectivity index (χ2n) is 11.8. The second kappa shape index (κ2) is 11.9. The van der Waals surface area contributed by atoms with E-state index < -0.39 is 0 Å². The molecule has 0 amide bonds. The molecule has 184 valence electrons. The van der Waals surface area contributed by atoms with Crippen molar-refractivity contribution in [1.82, 2.24) is 0 Å². The molecule has 0 spiro atoms. The minimum atomic E-state index is 0. The van der Waals surface area contributed by atoms with Crippen LogP contribution in [-0.4, -0.2) is 0 Å². The summed E-state index contributed by atoms with van der Waals surface area (Å²) in [6.45, 7) is 13.6. The zero-order valence-corrected chi connectivity index (χ0v) is 26.4. The van der Waals surface area contributed by atoms with Gasteiger partial charge in [0.1, 0.15) is 0 Å². The number of benzene rings is 4. The van der Waals surface area contributed by atoms with Crippen molar-refractivity contribution in [3.63, 3.8) is 0 Å². The van der Waals surface area contributed by atoms with E-state index in [9.17, 15) is 0 Å². The maximum absolute atomic E-state index is 3.67. The fraction of sp³-hybridized carbons (Fsp3) is 0.314. The van der Waals surface area contributed by atoms with Crippen LogP contribution in [0.3, 0.4) is 0 Å². The Labute approximate surface area is 238 Å². The maximum atomic E-state index is 3.67. The third-order valence-corrected chi connectivity index (χ3v) is 6.85. The molecule has 0 N–H and O–H groups in total. The van der Waals surface area contributed by atoms with Gasteiger partial charge in [-0.15, -0.1) is 11.1 Å². The topological polar surface area (TPSA) is 0 Å². The maximum Gasteiger partial charge on any atom is 0 e. The summed E-state index contributed by atoms with van der Waals surface area (Å²) in [5.41, 5.74) is 11.5. The quantitative estimate of drug-likeness (QED) is 0.137. The first-order valence-corrected chi connectivity index (χ1v) is 12.9. The van der Waals surface area contributed by atoms with Crippen LogP contribution in [0.15, 0.2) is 91.0 Å². The molecule has 4 aromatic carbocycles. The van der Waals surface area contributed by atoms with Gasteiger partial charge in [0.2, 0.25) is 0 Å². The molecule has 0 atom stereocenters. The Morgan fingerprint density at radius 2 is 1.14 bits per heavy atom. The van der Waals surface area contributed by atoms with Crippen molar-refractivity contribution in [1.29, 1.82) is 0 Å². The van der Waals surface area contributed by atoms with Crippen molar-refractivity contribution in [2.75, 3.05) is 0 Å². The summed E-state index contributed by atoms with van der Waals surface area (Å²) in [4.78, 5) is 0. The van der Waals surface area contributed by atoms with E-state index in [0.717, 1.165) is 19.3 Å². The molecule has 0 radical (unpaired) electrons. The van der Waals surface area contributed by atoms with Gasteiger partial charge < -0.3 is 0 Å². The molecule has 0 unspecified atom stereocenters. The number of rotatable bonds is 3. The number of aryl methyl sites for hydroxylation is 2. The van der Waals surface area contributed by atoms with E-state index in [-0.39, 0.29) is 36.7 Å². The van der Waals surface area contributed by atoms with Crippen LogP contribution in [0.25, 0.3) is 11.1 Å². The first-order valence-electron chi connectivity index (χ1n) is 12.9. The van der Waals surface area contributed by atoms with Gasteiger partial charge in [-0.3, -0.25) is 0 Å². The summed E-state index contributed by atoms with van der Waals surface area (Å²) in [5.74, 6) is 0. The van der Waals surface area contributed by atoms with E-state index in [2.05, 4.69) is 139 Å². The Hall–Kier alpha value is -2.25. The van der Waals surface area contributed by atoms with E-state index in [1.165, 1.54) is 44.5 Å². The average molecular weight is 638 g/mol. The van der Waals surface area contributed by atoms with Crippen LogP contribution in [0.4, 0.5) is 0 Å². The minimum absolute atomic E-state index is 0. The van der Waals surface area contributed by atoms with Crippen LogP contribution in [0.5, 0.6) is 0 Å². The van der Waals surface area contributed by atoms with Crippen LogP contribution in [0.1, 0.15) is 74.9 Å². The third kappa shape index (κ3) is 7.16. The van der Waals surface area contributed by atoms with Crippen molar-refractivity contribution in [2.24, 2.45) is 0 Å². The van der Waals surface area contributed by atoms with Gasteiger partial charge in [-0.25, -0.2) is 0 Å². The molecule has 1 aliphatic rings. The first kappa shape index (κ1) is 28.3. The SMILES string of the molecule is CC(C)(C)c1[c-]c2c(cc1)-c1ccc(C(C)(C)C)cc1C2.[Hf].c1ccc(CCc2ccccc2)cc1. The summed E-state index contributed by atoms with van der Waals surface area (Å²) in [5, 5.41) is 0. The molecule has 0 bridgehead atoms. The Morgan fingerprint density at radius 1 is 0.611 bits per heavy atom. The van der Waals surface area contributed by atoms with Crippen LogP contribution in [-0.2, 0) is 55.9 Å². The molecule has 0 saturated heterocycles. The monoisotopic (exact) mass is 639 g/mol.